The average Bonchev–Trinajstić information content (AvgIpc) is 2.15. The molecule has 15 heavy (non-hydrogen) atoms. The Hall–Kier alpha value is -0.120. The molecule has 2 N–H and O–H groups in total. The molecule has 2 rings (SSSR count). The summed E-state index contributed by atoms with van der Waals surface area (Å²) in [6, 6.07) is 2.19. The van der Waals surface area contributed by atoms with Gasteiger partial charge in [-0.05, 0) is 39.7 Å². The van der Waals surface area contributed by atoms with Gasteiger partial charge in [-0.2, -0.15) is 0 Å². The van der Waals surface area contributed by atoms with Gasteiger partial charge in [0.25, 0.3) is 0 Å². The molecule has 0 amide bonds. The highest BCUT2D eigenvalue weighted by atomic mass is 16.3. The Labute approximate surface area is 92.8 Å². The van der Waals surface area contributed by atoms with Crippen LogP contribution in [0.25, 0.3) is 0 Å². The monoisotopic (exact) mass is 212 g/mol. The highest BCUT2D eigenvalue weighted by Crippen LogP contribution is 2.32. The summed E-state index contributed by atoms with van der Waals surface area (Å²) in [6.07, 6.45) is 6.44. The fourth-order valence-electron chi connectivity index (χ4n) is 3.12. The van der Waals surface area contributed by atoms with Gasteiger partial charge in [-0.15, -0.1) is 0 Å². The van der Waals surface area contributed by atoms with Crippen molar-refractivity contribution in [3.63, 3.8) is 0 Å². The molecule has 3 atom stereocenters. The van der Waals surface area contributed by atoms with Gasteiger partial charge in [0, 0.05) is 24.7 Å². The molecular formula is C12H24N2O. The van der Waals surface area contributed by atoms with E-state index in [1.165, 1.54) is 32.1 Å². The van der Waals surface area contributed by atoms with Gasteiger partial charge in [-0.1, -0.05) is 6.42 Å². The fourth-order valence-corrected chi connectivity index (χ4v) is 3.12. The van der Waals surface area contributed by atoms with Crippen LogP contribution in [-0.4, -0.2) is 47.8 Å². The van der Waals surface area contributed by atoms with Crippen LogP contribution in [0, 0.1) is 0 Å². The van der Waals surface area contributed by atoms with Crippen molar-refractivity contribution in [3.8, 4) is 0 Å². The summed E-state index contributed by atoms with van der Waals surface area (Å²) in [4.78, 5) is 2.57. The van der Waals surface area contributed by atoms with E-state index in [4.69, 9.17) is 0 Å². The van der Waals surface area contributed by atoms with Crippen molar-refractivity contribution in [2.24, 2.45) is 0 Å². The van der Waals surface area contributed by atoms with E-state index in [9.17, 15) is 5.11 Å². The van der Waals surface area contributed by atoms with E-state index in [-0.39, 0.29) is 6.10 Å². The lowest BCUT2D eigenvalue weighted by Crippen LogP contribution is -2.55. The second-order valence-corrected chi connectivity index (χ2v) is 5.33. The Morgan fingerprint density at radius 3 is 2.47 bits per heavy atom. The molecule has 0 aromatic rings. The first-order valence-electron chi connectivity index (χ1n) is 6.30. The molecule has 0 aromatic carbocycles. The number of hydrogen-bond donors (Lipinski definition) is 2. The van der Waals surface area contributed by atoms with Gasteiger partial charge in [0.1, 0.15) is 0 Å². The minimum Gasteiger partial charge on any atom is -0.392 e. The first kappa shape index (κ1) is 11.4. The molecule has 0 saturated carbocycles. The minimum absolute atomic E-state index is 0.218. The van der Waals surface area contributed by atoms with Crippen LogP contribution in [0.2, 0.25) is 0 Å². The van der Waals surface area contributed by atoms with Gasteiger partial charge < -0.3 is 15.3 Å². The zero-order chi connectivity index (χ0) is 10.8. The van der Waals surface area contributed by atoms with Crippen LogP contribution in [0.4, 0.5) is 0 Å². The maximum Gasteiger partial charge on any atom is 0.0636 e. The van der Waals surface area contributed by atoms with Crippen molar-refractivity contribution >= 4 is 0 Å². The molecule has 3 heteroatoms. The van der Waals surface area contributed by atoms with Crippen molar-refractivity contribution in [1.29, 1.82) is 0 Å². The quantitative estimate of drug-likeness (QED) is 0.732. The lowest BCUT2D eigenvalue weighted by Gasteiger charge is -2.47. The zero-order valence-corrected chi connectivity index (χ0v) is 9.95. The van der Waals surface area contributed by atoms with Crippen molar-refractivity contribution < 1.29 is 5.11 Å². The number of aliphatic hydroxyl groups excluding tert-OH is 1. The summed E-state index contributed by atoms with van der Waals surface area (Å²) in [7, 11) is 2.28. The van der Waals surface area contributed by atoms with Crippen LogP contribution in [0.5, 0.6) is 0 Å². The number of piperidine rings is 2. The van der Waals surface area contributed by atoms with E-state index in [0.29, 0.717) is 6.04 Å². The van der Waals surface area contributed by atoms with E-state index in [1.807, 2.05) is 6.92 Å². The maximum absolute atomic E-state index is 9.27. The van der Waals surface area contributed by atoms with Gasteiger partial charge in [0.15, 0.2) is 0 Å². The second kappa shape index (κ2) is 4.81. The molecule has 3 unspecified atom stereocenters. The number of nitrogens with one attached hydrogen (secondary N) is 1. The summed E-state index contributed by atoms with van der Waals surface area (Å²) < 4.78 is 0. The van der Waals surface area contributed by atoms with Crippen LogP contribution in [0.15, 0.2) is 0 Å². The predicted molar refractivity (Wildman–Crippen MR) is 61.9 cm³/mol. The van der Waals surface area contributed by atoms with E-state index in [2.05, 4.69) is 17.3 Å². The SMILES string of the molecule is CC(O)CNC1CC2CCCC(C1)N2C. The largest absolute Gasteiger partial charge is 0.392 e. The van der Waals surface area contributed by atoms with E-state index >= 15 is 0 Å². The summed E-state index contributed by atoms with van der Waals surface area (Å²) in [5.74, 6) is 0. The summed E-state index contributed by atoms with van der Waals surface area (Å²) in [5, 5.41) is 12.8. The Morgan fingerprint density at radius 1 is 1.33 bits per heavy atom. The van der Waals surface area contributed by atoms with Crippen LogP contribution in [0.1, 0.15) is 39.0 Å². The Kier molecular flexibility index (Phi) is 3.65. The first-order valence-corrected chi connectivity index (χ1v) is 6.30. The van der Waals surface area contributed by atoms with Crippen LogP contribution >= 0.6 is 0 Å². The molecule has 0 spiro atoms. The summed E-state index contributed by atoms with van der Waals surface area (Å²) in [6.45, 7) is 2.59. The number of hydrogen-bond acceptors (Lipinski definition) is 3. The Bertz CT molecular complexity index is 194. The molecular weight excluding hydrogens is 188 g/mol. The predicted octanol–water partition coefficient (Wildman–Crippen LogP) is 0.972. The number of fused-ring (bicyclic) bond motifs is 2. The third-order valence-electron chi connectivity index (χ3n) is 4.04. The molecule has 3 nitrogen and oxygen atoms in total. The highest BCUT2D eigenvalue weighted by Gasteiger charge is 2.35. The van der Waals surface area contributed by atoms with Crippen molar-refractivity contribution in [1.82, 2.24) is 10.2 Å². The number of nitrogens with zero attached hydrogens (tertiary/aromatic N) is 1. The van der Waals surface area contributed by atoms with Gasteiger partial charge in [0.2, 0.25) is 0 Å². The van der Waals surface area contributed by atoms with E-state index < -0.39 is 0 Å². The molecule has 2 aliphatic rings. The van der Waals surface area contributed by atoms with Crippen LogP contribution in [-0.2, 0) is 0 Å². The molecule has 2 heterocycles. The van der Waals surface area contributed by atoms with Gasteiger partial charge >= 0.3 is 0 Å². The van der Waals surface area contributed by atoms with Crippen molar-refractivity contribution in [2.75, 3.05) is 13.6 Å². The third-order valence-corrected chi connectivity index (χ3v) is 4.04. The molecule has 0 aliphatic carbocycles. The molecule has 0 radical (unpaired) electrons. The highest BCUT2D eigenvalue weighted by molar-refractivity contribution is 4.93. The first-order chi connectivity index (χ1) is 7.16. The minimum atomic E-state index is -0.218. The van der Waals surface area contributed by atoms with Crippen molar-refractivity contribution in [3.05, 3.63) is 0 Å². The lowest BCUT2D eigenvalue weighted by molar-refractivity contribution is 0.0454. The summed E-state index contributed by atoms with van der Waals surface area (Å²) in [5.41, 5.74) is 0. The lowest BCUT2D eigenvalue weighted by atomic mass is 9.82. The third kappa shape index (κ3) is 2.71. The van der Waals surface area contributed by atoms with Gasteiger partial charge in [-0.3, -0.25) is 0 Å². The smallest absolute Gasteiger partial charge is 0.0636 e. The van der Waals surface area contributed by atoms with E-state index in [0.717, 1.165) is 18.6 Å². The van der Waals surface area contributed by atoms with Gasteiger partial charge in [-0.25, -0.2) is 0 Å². The average molecular weight is 212 g/mol. The van der Waals surface area contributed by atoms with Gasteiger partial charge in [0.05, 0.1) is 6.10 Å². The van der Waals surface area contributed by atoms with Crippen molar-refractivity contribution in [2.45, 2.75) is 63.3 Å². The second-order valence-electron chi connectivity index (χ2n) is 5.33. The van der Waals surface area contributed by atoms with Crippen LogP contribution in [0.3, 0.4) is 0 Å². The molecule has 88 valence electrons. The fraction of sp³-hybridized carbons (Fsp3) is 1.00. The topological polar surface area (TPSA) is 35.5 Å². The zero-order valence-electron chi connectivity index (χ0n) is 9.95. The Morgan fingerprint density at radius 2 is 1.93 bits per heavy atom. The number of rotatable bonds is 3. The standard InChI is InChI=1S/C12H24N2O/c1-9(15)8-13-10-6-11-4-3-5-12(7-10)14(11)2/h9-13,15H,3-8H2,1-2H3. The molecule has 2 bridgehead atoms. The molecule has 2 aliphatic heterocycles. The number of aliphatic hydroxyl groups is 1. The summed E-state index contributed by atoms with van der Waals surface area (Å²) >= 11 is 0. The molecule has 2 fully saturated rings. The molecule has 2 saturated heterocycles. The van der Waals surface area contributed by atoms with E-state index in [1.54, 1.807) is 0 Å². The maximum atomic E-state index is 9.27. The normalized spacial score (nSPS) is 39.0. The Balaban J connectivity index is 1.84. The van der Waals surface area contributed by atoms with Crippen LogP contribution < -0.4 is 5.32 Å². The molecule has 0 aromatic heterocycles.